The fourth-order valence-electron chi connectivity index (χ4n) is 2.12. The van der Waals surface area contributed by atoms with Crippen molar-refractivity contribution in [3.8, 4) is 11.3 Å². The standard InChI is InChI=1S/C13H12Cl2FN3O/c14-8-4-9(15)10(16)3-7(8)11-5-18-13(19-11)12-6-20-2-1-17-12/h3-5,12,17H,1-2,6H2,(H,18,19). The second-order valence-electron chi connectivity index (χ2n) is 4.51. The van der Waals surface area contributed by atoms with Crippen LogP contribution in [0.25, 0.3) is 11.3 Å². The molecule has 1 unspecified atom stereocenters. The van der Waals surface area contributed by atoms with E-state index in [1.54, 1.807) is 6.20 Å². The summed E-state index contributed by atoms with van der Waals surface area (Å²) >= 11 is 11.8. The number of imidazole rings is 1. The Kier molecular flexibility index (Phi) is 3.94. The predicted molar refractivity (Wildman–Crippen MR) is 75.6 cm³/mol. The lowest BCUT2D eigenvalue weighted by molar-refractivity contribution is 0.0745. The fraction of sp³-hybridized carbons (Fsp3) is 0.308. The molecule has 106 valence electrons. The second-order valence-corrected chi connectivity index (χ2v) is 5.32. The number of aromatic amines is 1. The number of H-pyrrole nitrogens is 1. The number of nitrogens with one attached hydrogen (secondary N) is 2. The van der Waals surface area contributed by atoms with Gasteiger partial charge in [-0.3, -0.25) is 0 Å². The Hall–Kier alpha value is -1.14. The van der Waals surface area contributed by atoms with Crippen molar-refractivity contribution < 1.29 is 9.13 Å². The normalized spacial score (nSPS) is 19.2. The summed E-state index contributed by atoms with van der Waals surface area (Å²) in [6.45, 7) is 2.02. The molecule has 1 aliphatic heterocycles. The first-order valence-electron chi connectivity index (χ1n) is 6.16. The molecule has 2 N–H and O–H groups in total. The maximum absolute atomic E-state index is 13.5. The van der Waals surface area contributed by atoms with Crippen molar-refractivity contribution >= 4 is 23.2 Å². The van der Waals surface area contributed by atoms with Crippen LogP contribution in [-0.4, -0.2) is 29.7 Å². The first-order chi connectivity index (χ1) is 9.65. The van der Waals surface area contributed by atoms with Gasteiger partial charge in [-0.15, -0.1) is 0 Å². The Balaban J connectivity index is 1.91. The van der Waals surface area contributed by atoms with Crippen LogP contribution in [0.15, 0.2) is 18.3 Å². The van der Waals surface area contributed by atoms with E-state index in [4.69, 9.17) is 27.9 Å². The van der Waals surface area contributed by atoms with Crippen LogP contribution in [0.2, 0.25) is 10.0 Å². The highest BCUT2D eigenvalue weighted by Crippen LogP contribution is 2.31. The Labute approximate surface area is 125 Å². The zero-order valence-corrected chi connectivity index (χ0v) is 11.9. The highest BCUT2D eigenvalue weighted by atomic mass is 35.5. The molecule has 1 fully saturated rings. The summed E-state index contributed by atoms with van der Waals surface area (Å²) in [4.78, 5) is 7.44. The molecule has 1 saturated heterocycles. The first-order valence-corrected chi connectivity index (χ1v) is 6.91. The Morgan fingerprint density at radius 2 is 2.15 bits per heavy atom. The lowest BCUT2D eigenvalue weighted by Crippen LogP contribution is -2.35. The highest BCUT2D eigenvalue weighted by Gasteiger charge is 2.19. The van der Waals surface area contributed by atoms with Crippen molar-refractivity contribution in [3.05, 3.63) is 40.0 Å². The highest BCUT2D eigenvalue weighted by molar-refractivity contribution is 6.36. The van der Waals surface area contributed by atoms with Gasteiger partial charge in [0.05, 0.1) is 41.2 Å². The van der Waals surface area contributed by atoms with Crippen molar-refractivity contribution in [1.82, 2.24) is 15.3 Å². The molecule has 4 nitrogen and oxygen atoms in total. The van der Waals surface area contributed by atoms with Crippen LogP contribution in [0.5, 0.6) is 0 Å². The number of hydrogen-bond donors (Lipinski definition) is 2. The molecule has 2 aromatic rings. The number of halogens is 3. The van der Waals surface area contributed by atoms with Crippen LogP contribution in [0.3, 0.4) is 0 Å². The molecule has 0 bridgehead atoms. The van der Waals surface area contributed by atoms with E-state index in [1.807, 2.05) is 0 Å². The van der Waals surface area contributed by atoms with Gasteiger partial charge in [0.1, 0.15) is 11.6 Å². The van der Waals surface area contributed by atoms with E-state index in [0.29, 0.717) is 29.5 Å². The maximum atomic E-state index is 13.5. The van der Waals surface area contributed by atoms with Gasteiger partial charge in [-0.25, -0.2) is 9.37 Å². The molecule has 2 heterocycles. The van der Waals surface area contributed by atoms with Crippen molar-refractivity contribution in [2.75, 3.05) is 19.8 Å². The lowest BCUT2D eigenvalue weighted by atomic mass is 10.1. The van der Waals surface area contributed by atoms with Crippen molar-refractivity contribution in [2.24, 2.45) is 0 Å². The quantitative estimate of drug-likeness (QED) is 0.837. The molecule has 1 atom stereocenters. The summed E-state index contributed by atoms with van der Waals surface area (Å²) in [5.74, 6) is 0.229. The number of hydrogen-bond acceptors (Lipinski definition) is 3. The van der Waals surface area contributed by atoms with Gasteiger partial charge in [0.15, 0.2) is 0 Å². The van der Waals surface area contributed by atoms with E-state index in [0.717, 1.165) is 12.4 Å². The zero-order valence-electron chi connectivity index (χ0n) is 10.4. The van der Waals surface area contributed by atoms with E-state index >= 15 is 0 Å². The molecule has 0 radical (unpaired) electrons. The third-order valence-corrected chi connectivity index (χ3v) is 3.75. The van der Waals surface area contributed by atoms with Gasteiger partial charge in [0, 0.05) is 12.1 Å². The lowest BCUT2D eigenvalue weighted by Gasteiger charge is -2.21. The molecule has 3 rings (SSSR count). The minimum atomic E-state index is -0.513. The largest absolute Gasteiger partial charge is 0.378 e. The van der Waals surface area contributed by atoms with Crippen LogP contribution in [-0.2, 0) is 4.74 Å². The molecular weight excluding hydrogens is 304 g/mol. The van der Waals surface area contributed by atoms with Crippen LogP contribution < -0.4 is 5.32 Å². The summed E-state index contributed by atoms with van der Waals surface area (Å²) in [6, 6.07) is 2.69. The second kappa shape index (κ2) is 5.69. The summed E-state index contributed by atoms with van der Waals surface area (Å²) in [7, 11) is 0. The zero-order chi connectivity index (χ0) is 14.1. The van der Waals surface area contributed by atoms with Gasteiger partial charge in [-0.05, 0) is 12.1 Å². The Bertz CT molecular complexity index is 626. The molecule has 7 heteroatoms. The first kappa shape index (κ1) is 13.8. The average molecular weight is 316 g/mol. The van der Waals surface area contributed by atoms with E-state index in [1.165, 1.54) is 12.1 Å². The molecular formula is C13H12Cl2FN3O. The van der Waals surface area contributed by atoms with Crippen LogP contribution in [0, 0.1) is 5.82 Å². The monoisotopic (exact) mass is 315 g/mol. The van der Waals surface area contributed by atoms with Crippen molar-refractivity contribution in [2.45, 2.75) is 6.04 Å². The molecule has 1 aromatic heterocycles. The smallest absolute Gasteiger partial charge is 0.142 e. The Morgan fingerprint density at radius 3 is 2.90 bits per heavy atom. The van der Waals surface area contributed by atoms with Crippen LogP contribution in [0.4, 0.5) is 4.39 Å². The minimum Gasteiger partial charge on any atom is -0.378 e. The summed E-state index contributed by atoms with van der Waals surface area (Å²) in [6.07, 6.45) is 1.63. The number of rotatable bonds is 2. The summed E-state index contributed by atoms with van der Waals surface area (Å²) in [5, 5.41) is 3.66. The third-order valence-electron chi connectivity index (χ3n) is 3.15. The number of ether oxygens (including phenoxy) is 1. The molecule has 0 spiro atoms. The number of benzene rings is 1. The van der Waals surface area contributed by atoms with Gasteiger partial charge in [-0.2, -0.15) is 0 Å². The van der Waals surface area contributed by atoms with Crippen molar-refractivity contribution in [1.29, 1.82) is 0 Å². The Morgan fingerprint density at radius 1 is 1.30 bits per heavy atom. The van der Waals surface area contributed by atoms with Gasteiger partial charge >= 0.3 is 0 Å². The van der Waals surface area contributed by atoms with E-state index in [-0.39, 0.29) is 11.1 Å². The van der Waals surface area contributed by atoms with Gasteiger partial charge in [0.25, 0.3) is 0 Å². The minimum absolute atomic E-state index is 0.000774. The van der Waals surface area contributed by atoms with Crippen LogP contribution >= 0.6 is 23.2 Å². The SMILES string of the molecule is Fc1cc(-c2cnc(C3COCCN3)[nH]2)c(Cl)cc1Cl. The van der Waals surface area contributed by atoms with Gasteiger partial charge in [0.2, 0.25) is 0 Å². The topological polar surface area (TPSA) is 49.9 Å². The number of morpholine rings is 1. The number of nitrogens with zero attached hydrogens (tertiary/aromatic N) is 1. The van der Waals surface area contributed by atoms with Crippen molar-refractivity contribution in [3.63, 3.8) is 0 Å². The molecule has 1 aliphatic rings. The molecule has 20 heavy (non-hydrogen) atoms. The van der Waals surface area contributed by atoms with Crippen LogP contribution in [0.1, 0.15) is 11.9 Å². The summed E-state index contributed by atoms with van der Waals surface area (Å²) in [5.41, 5.74) is 1.18. The predicted octanol–water partition coefficient (Wildman–Crippen LogP) is 3.18. The van der Waals surface area contributed by atoms with Gasteiger partial charge < -0.3 is 15.0 Å². The molecule has 1 aromatic carbocycles. The summed E-state index contributed by atoms with van der Waals surface area (Å²) < 4.78 is 18.9. The average Bonchev–Trinajstić information content (AvgIpc) is 2.93. The van der Waals surface area contributed by atoms with E-state index in [2.05, 4.69) is 15.3 Å². The fourth-order valence-corrected chi connectivity index (χ4v) is 2.61. The third kappa shape index (κ3) is 2.67. The molecule has 0 aliphatic carbocycles. The van der Waals surface area contributed by atoms with E-state index in [9.17, 15) is 4.39 Å². The van der Waals surface area contributed by atoms with Gasteiger partial charge in [-0.1, -0.05) is 23.2 Å². The van der Waals surface area contributed by atoms with E-state index < -0.39 is 5.82 Å². The molecule has 0 saturated carbocycles. The number of aromatic nitrogens is 2. The maximum Gasteiger partial charge on any atom is 0.142 e. The molecule has 0 amide bonds.